The van der Waals surface area contributed by atoms with Gasteiger partial charge in [-0.25, -0.2) is 9.37 Å². The lowest BCUT2D eigenvalue weighted by atomic mass is 9.89. The second kappa shape index (κ2) is 9.68. The minimum absolute atomic E-state index is 0.112. The Kier molecular flexibility index (Phi) is 6.53. The molecule has 2 fully saturated rings. The van der Waals surface area contributed by atoms with Crippen LogP contribution in [-0.2, 0) is 11.0 Å². The van der Waals surface area contributed by atoms with Crippen LogP contribution in [0, 0.1) is 11.7 Å². The first-order valence-electron chi connectivity index (χ1n) is 11.8. The topological polar surface area (TPSA) is 139 Å². The van der Waals surface area contributed by atoms with Crippen LogP contribution >= 0.6 is 0 Å². The molecule has 2 aliphatic rings. The molecule has 4 atom stereocenters. The third-order valence-corrected chi connectivity index (χ3v) is 6.89. The number of nitrogens with one attached hydrogen (secondary N) is 2. The van der Waals surface area contributed by atoms with E-state index in [1.54, 1.807) is 4.90 Å². The van der Waals surface area contributed by atoms with Crippen LogP contribution < -0.4 is 10.1 Å². The lowest BCUT2D eigenvalue weighted by Gasteiger charge is -2.38. The average molecular weight is 537 g/mol. The van der Waals surface area contributed by atoms with Gasteiger partial charge < -0.3 is 19.5 Å². The number of H-pyrrole nitrogens is 1. The van der Waals surface area contributed by atoms with Crippen molar-refractivity contribution in [2.24, 2.45) is 5.92 Å². The number of ether oxygens (including phenoxy) is 1. The number of methoxy groups -OCH3 is 1. The molecule has 5 rings (SSSR count). The predicted octanol–water partition coefficient (Wildman–Crippen LogP) is 3.28. The van der Waals surface area contributed by atoms with Crippen LogP contribution in [0.1, 0.15) is 60.9 Å². The molecular formula is C23H23F4N7O4. The van der Waals surface area contributed by atoms with E-state index in [1.807, 2.05) is 0 Å². The first-order valence-corrected chi connectivity index (χ1v) is 11.8. The highest BCUT2D eigenvalue weighted by atomic mass is 19.4. The number of nitrogens with zero attached hydrogens (tertiary/aromatic N) is 5. The number of amides is 2. The Morgan fingerprint density at radius 2 is 1.95 bits per heavy atom. The molecule has 0 radical (unpaired) electrons. The molecule has 0 saturated carbocycles. The molecule has 2 aliphatic heterocycles. The van der Waals surface area contributed by atoms with Gasteiger partial charge in [0, 0.05) is 29.6 Å². The number of halogens is 4. The van der Waals surface area contributed by atoms with Gasteiger partial charge >= 0.3 is 6.18 Å². The number of rotatable bonds is 6. The number of hydrogen-bond acceptors (Lipinski definition) is 8. The Morgan fingerprint density at radius 1 is 1.24 bits per heavy atom. The Balaban J connectivity index is 1.24. The van der Waals surface area contributed by atoms with Gasteiger partial charge in [0.05, 0.1) is 19.0 Å². The van der Waals surface area contributed by atoms with E-state index < -0.39 is 29.8 Å². The average Bonchev–Trinajstić information content (AvgIpc) is 3.62. The van der Waals surface area contributed by atoms with E-state index >= 15 is 0 Å². The fraction of sp³-hybridized carbons (Fsp3) is 0.478. The van der Waals surface area contributed by atoms with Gasteiger partial charge in [-0.1, -0.05) is 5.16 Å². The van der Waals surface area contributed by atoms with Crippen LogP contribution in [0.5, 0.6) is 5.88 Å². The minimum atomic E-state index is -4.75. The summed E-state index contributed by atoms with van der Waals surface area (Å²) >= 11 is 0. The van der Waals surface area contributed by atoms with Crippen molar-refractivity contribution in [1.29, 1.82) is 0 Å². The van der Waals surface area contributed by atoms with Crippen molar-refractivity contribution in [2.45, 2.75) is 56.9 Å². The van der Waals surface area contributed by atoms with E-state index in [0.29, 0.717) is 25.7 Å². The zero-order valence-corrected chi connectivity index (χ0v) is 20.3. The van der Waals surface area contributed by atoms with Crippen molar-refractivity contribution in [2.75, 3.05) is 7.11 Å². The number of aromatic nitrogens is 5. The van der Waals surface area contributed by atoms with Crippen LogP contribution in [0.3, 0.4) is 0 Å². The lowest BCUT2D eigenvalue weighted by molar-refractivity contribution is -0.146. The third-order valence-electron chi connectivity index (χ3n) is 6.89. The van der Waals surface area contributed by atoms with Crippen LogP contribution in [0.4, 0.5) is 17.6 Å². The second-order valence-electron chi connectivity index (χ2n) is 9.32. The van der Waals surface area contributed by atoms with E-state index in [1.165, 1.54) is 26.2 Å². The molecule has 202 valence electrons. The summed E-state index contributed by atoms with van der Waals surface area (Å²) < 4.78 is 62.2. The van der Waals surface area contributed by atoms with Crippen LogP contribution in [0.25, 0.3) is 11.3 Å². The highest BCUT2D eigenvalue weighted by Crippen LogP contribution is 2.40. The highest BCUT2D eigenvalue weighted by molar-refractivity contribution is 5.94. The largest absolute Gasteiger partial charge is 0.481 e. The zero-order valence-electron chi connectivity index (χ0n) is 20.3. The van der Waals surface area contributed by atoms with Gasteiger partial charge in [0.25, 0.3) is 11.7 Å². The van der Waals surface area contributed by atoms with E-state index in [9.17, 15) is 27.2 Å². The quantitative estimate of drug-likeness (QED) is 0.457. The molecule has 2 amide bonds. The smallest absolute Gasteiger partial charge is 0.455 e. The minimum Gasteiger partial charge on any atom is -0.481 e. The number of alkyl halides is 3. The predicted molar refractivity (Wildman–Crippen MR) is 120 cm³/mol. The molecule has 2 bridgehead atoms. The van der Waals surface area contributed by atoms with Gasteiger partial charge in [-0.2, -0.15) is 23.3 Å². The second-order valence-corrected chi connectivity index (χ2v) is 9.32. The summed E-state index contributed by atoms with van der Waals surface area (Å²) in [4.78, 5) is 35.1. The number of fused-ring (bicyclic) bond motifs is 2. The Labute approximate surface area is 212 Å². The Hall–Kier alpha value is -4.04. The molecule has 15 heteroatoms. The van der Waals surface area contributed by atoms with Crippen molar-refractivity contribution in [3.63, 3.8) is 0 Å². The molecule has 3 unspecified atom stereocenters. The lowest BCUT2D eigenvalue weighted by Crippen LogP contribution is -2.49. The monoisotopic (exact) mass is 537 g/mol. The number of carbonyl (C=O) groups is 2. The van der Waals surface area contributed by atoms with E-state index in [-0.39, 0.29) is 52.6 Å². The molecule has 3 aromatic heterocycles. The third kappa shape index (κ3) is 4.79. The summed E-state index contributed by atoms with van der Waals surface area (Å²) in [5.74, 6) is -3.31. The molecule has 0 aromatic carbocycles. The number of piperidine rings is 1. The summed E-state index contributed by atoms with van der Waals surface area (Å²) in [6, 6.07) is 1.50. The molecule has 0 spiro atoms. The first-order chi connectivity index (χ1) is 18.0. The number of carbonyl (C=O) groups excluding carboxylic acids is 2. The van der Waals surface area contributed by atoms with Crippen molar-refractivity contribution in [3.8, 4) is 17.1 Å². The standard InChI is InChI=1S/C23H23F4N7O4/c1-10(20-30-22(33-38-20)23(25,26)27)29-19(35)11-5-12-3-4-13(6-11)34(12)21(36)17-8-16(31-32-17)14-7-18(37-2)28-9-15(14)24/h7-13H,3-6H2,1-2H3,(H,29,35)(H,31,32)/t10?,11?,12-,13?/m0/s1. The van der Waals surface area contributed by atoms with Gasteiger partial charge in [0.15, 0.2) is 11.5 Å². The van der Waals surface area contributed by atoms with Crippen LogP contribution in [-0.4, -0.2) is 61.2 Å². The zero-order chi connectivity index (χ0) is 27.2. The fourth-order valence-corrected chi connectivity index (χ4v) is 5.08. The van der Waals surface area contributed by atoms with Gasteiger partial charge in [-0.3, -0.25) is 14.7 Å². The summed E-state index contributed by atoms with van der Waals surface area (Å²) in [5, 5.41) is 12.3. The SMILES string of the molecule is COc1cc(-c2cc(C(=O)N3C4CC[C@H]3CC(C(=O)NC(C)c3nc(C(F)(F)F)no3)C4)n[nH]2)c(F)cn1. The number of hydrogen-bond donors (Lipinski definition) is 2. The van der Waals surface area contributed by atoms with Gasteiger partial charge in [0.2, 0.25) is 17.7 Å². The van der Waals surface area contributed by atoms with Gasteiger partial charge in [-0.05, 0) is 38.7 Å². The maximum Gasteiger partial charge on any atom is 0.455 e. The summed E-state index contributed by atoms with van der Waals surface area (Å²) in [7, 11) is 1.40. The fourth-order valence-electron chi connectivity index (χ4n) is 5.08. The number of aromatic amines is 1. The molecule has 38 heavy (non-hydrogen) atoms. The molecule has 5 heterocycles. The maximum absolute atomic E-state index is 14.3. The van der Waals surface area contributed by atoms with Crippen LogP contribution in [0.2, 0.25) is 0 Å². The normalized spacial score (nSPS) is 21.8. The van der Waals surface area contributed by atoms with Crippen molar-refractivity contribution in [3.05, 3.63) is 41.6 Å². The summed E-state index contributed by atoms with van der Waals surface area (Å²) in [6.45, 7) is 1.45. The molecule has 2 saturated heterocycles. The highest BCUT2D eigenvalue weighted by Gasteiger charge is 2.46. The van der Waals surface area contributed by atoms with E-state index in [0.717, 1.165) is 6.20 Å². The van der Waals surface area contributed by atoms with Crippen LogP contribution in [0.15, 0.2) is 22.9 Å². The van der Waals surface area contributed by atoms with Crippen molar-refractivity contribution >= 4 is 11.8 Å². The molecular weight excluding hydrogens is 514 g/mol. The van der Waals surface area contributed by atoms with E-state index in [2.05, 4.69) is 35.2 Å². The molecule has 11 nitrogen and oxygen atoms in total. The summed E-state index contributed by atoms with van der Waals surface area (Å²) in [6.07, 6.45) is -1.58. The van der Waals surface area contributed by atoms with Crippen molar-refractivity contribution < 1.29 is 36.4 Å². The Bertz CT molecular complexity index is 1340. The number of pyridine rings is 1. The summed E-state index contributed by atoms with van der Waals surface area (Å²) in [5.41, 5.74) is 0.553. The first kappa shape index (κ1) is 25.6. The van der Waals surface area contributed by atoms with Gasteiger partial charge in [0.1, 0.15) is 6.04 Å². The molecule has 2 N–H and O–H groups in total. The van der Waals surface area contributed by atoms with Crippen molar-refractivity contribution in [1.82, 2.24) is 35.5 Å². The molecule has 3 aromatic rings. The Morgan fingerprint density at radius 3 is 2.58 bits per heavy atom. The maximum atomic E-state index is 14.3. The van der Waals surface area contributed by atoms with E-state index in [4.69, 9.17) is 4.74 Å². The van der Waals surface area contributed by atoms with Gasteiger partial charge in [-0.15, -0.1) is 0 Å². The molecule has 0 aliphatic carbocycles.